The number of hydrogen-bond donors (Lipinski definition) is 2. The van der Waals surface area contributed by atoms with Crippen LogP contribution >= 0.6 is 15.9 Å². The molecule has 3 nitrogen and oxygen atoms in total. The molecule has 5 heteroatoms. The zero-order valence-corrected chi connectivity index (χ0v) is 11.4. The Hall–Kier alpha value is -0.940. The van der Waals surface area contributed by atoms with Gasteiger partial charge in [0.15, 0.2) is 0 Å². The third-order valence-electron chi connectivity index (χ3n) is 2.63. The van der Waals surface area contributed by atoms with Crippen LogP contribution in [0.3, 0.4) is 0 Å². The van der Waals surface area contributed by atoms with Gasteiger partial charge in [-0.25, -0.2) is 9.37 Å². The molecule has 0 spiro atoms. The lowest BCUT2D eigenvalue weighted by Gasteiger charge is -2.09. The third kappa shape index (κ3) is 2.84. The molecule has 1 aromatic carbocycles. The van der Waals surface area contributed by atoms with Crippen molar-refractivity contribution in [2.45, 2.75) is 26.3 Å². The van der Waals surface area contributed by atoms with Crippen molar-refractivity contribution in [2.75, 3.05) is 6.54 Å². The summed E-state index contributed by atoms with van der Waals surface area (Å²) in [4.78, 5) is 7.59. The number of imidazole rings is 1. The van der Waals surface area contributed by atoms with Crippen LogP contribution in [0.5, 0.6) is 0 Å². The van der Waals surface area contributed by atoms with Gasteiger partial charge >= 0.3 is 0 Å². The Labute approximate surface area is 108 Å². The smallest absolute Gasteiger partial charge is 0.139 e. The molecule has 0 saturated heterocycles. The van der Waals surface area contributed by atoms with Crippen molar-refractivity contribution < 1.29 is 4.39 Å². The fraction of sp³-hybridized carbons (Fsp3) is 0.417. The molecule has 17 heavy (non-hydrogen) atoms. The fourth-order valence-corrected chi connectivity index (χ4v) is 2.20. The van der Waals surface area contributed by atoms with Gasteiger partial charge in [-0.1, -0.05) is 6.92 Å². The van der Waals surface area contributed by atoms with Gasteiger partial charge in [-0.05, 0) is 35.5 Å². The molecule has 1 unspecified atom stereocenters. The molecule has 0 fully saturated rings. The van der Waals surface area contributed by atoms with E-state index >= 15 is 0 Å². The second-order valence-corrected chi connectivity index (χ2v) is 4.98. The van der Waals surface area contributed by atoms with E-state index in [1.807, 2.05) is 0 Å². The maximum Gasteiger partial charge on any atom is 0.139 e. The molecular weight excluding hydrogens is 285 g/mol. The average Bonchev–Trinajstić information content (AvgIpc) is 2.60. The minimum Gasteiger partial charge on any atom is -0.342 e. The molecule has 2 N–H and O–H groups in total. The van der Waals surface area contributed by atoms with Crippen molar-refractivity contribution in [3.8, 4) is 0 Å². The molecule has 2 aromatic rings. The van der Waals surface area contributed by atoms with Crippen LogP contribution in [-0.2, 0) is 6.42 Å². The lowest BCUT2D eigenvalue weighted by Crippen LogP contribution is -2.27. The standard InChI is InChI=1S/C12H15BrFN3/c1-3-15-7(2)4-12-16-10-5-8(13)9(14)6-11(10)17-12/h5-7,15H,3-4H2,1-2H3,(H,16,17). The molecule has 0 saturated carbocycles. The Morgan fingerprint density at radius 2 is 2.29 bits per heavy atom. The highest BCUT2D eigenvalue weighted by molar-refractivity contribution is 9.10. The first-order valence-corrected chi connectivity index (χ1v) is 6.46. The SMILES string of the molecule is CCNC(C)Cc1nc2cc(Br)c(F)cc2[nH]1. The first-order valence-electron chi connectivity index (χ1n) is 5.67. The monoisotopic (exact) mass is 299 g/mol. The van der Waals surface area contributed by atoms with Gasteiger partial charge in [0, 0.05) is 18.5 Å². The summed E-state index contributed by atoms with van der Waals surface area (Å²) in [6, 6.07) is 3.52. The largest absolute Gasteiger partial charge is 0.342 e. The van der Waals surface area contributed by atoms with Gasteiger partial charge in [0.05, 0.1) is 15.5 Å². The summed E-state index contributed by atoms with van der Waals surface area (Å²) in [6.07, 6.45) is 0.807. The van der Waals surface area contributed by atoms with Gasteiger partial charge in [0.1, 0.15) is 11.6 Å². The predicted octanol–water partition coefficient (Wildman–Crippen LogP) is 3.01. The normalized spacial score (nSPS) is 13.2. The molecular formula is C12H15BrFN3. The van der Waals surface area contributed by atoms with Crippen LogP contribution in [0.15, 0.2) is 16.6 Å². The lowest BCUT2D eigenvalue weighted by atomic mass is 10.2. The van der Waals surface area contributed by atoms with Crippen LogP contribution < -0.4 is 5.32 Å². The van der Waals surface area contributed by atoms with Crippen molar-refractivity contribution >= 4 is 27.0 Å². The highest BCUT2D eigenvalue weighted by Crippen LogP contribution is 2.22. The molecule has 1 aromatic heterocycles. The number of halogens is 2. The van der Waals surface area contributed by atoms with Crippen molar-refractivity contribution in [1.29, 1.82) is 0 Å². The zero-order valence-electron chi connectivity index (χ0n) is 9.85. The minimum atomic E-state index is -0.271. The topological polar surface area (TPSA) is 40.7 Å². The Kier molecular flexibility index (Phi) is 3.79. The van der Waals surface area contributed by atoms with Crippen molar-refractivity contribution in [2.24, 2.45) is 0 Å². The third-order valence-corrected chi connectivity index (χ3v) is 3.23. The van der Waals surface area contributed by atoms with Crippen LogP contribution in [0.4, 0.5) is 4.39 Å². The molecule has 2 rings (SSSR count). The molecule has 0 radical (unpaired) electrons. The number of hydrogen-bond acceptors (Lipinski definition) is 2. The summed E-state index contributed by atoms with van der Waals surface area (Å²) in [5, 5.41) is 3.32. The van der Waals surface area contributed by atoms with E-state index in [0.29, 0.717) is 10.5 Å². The van der Waals surface area contributed by atoms with Gasteiger partial charge in [-0.3, -0.25) is 0 Å². The molecule has 0 aliphatic heterocycles. The number of nitrogens with one attached hydrogen (secondary N) is 2. The number of aromatic amines is 1. The number of likely N-dealkylation sites (N-methyl/N-ethyl adjacent to an activating group) is 1. The lowest BCUT2D eigenvalue weighted by molar-refractivity contribution is 0.555. The van der Waals surface area contributed by atoms with Crippen LogP contribution in [0.25, 0.3) is 11.0 Å². The number of benzene rings is 1. The Balaban J connectivity index is 2.25. The van der Waals surface area contributed by atoms with E-state index in [1.165, 1.54) is 6.07 Å². The molecule has 92 valence electrons. The predicted molar refractivity (Wildman–Crippen MR) is 70.6 cm³/mol. The first-order chi connectivity index (χ1) is 8.10. The number of aromatic nitrogens is 2. The van der Waals surface area contributed by atoms with E-state index in [2.05, 4.69) is 45.1 Å². The van der Waals surface area contributed by atoms with Crippen LogP contribution in [0, 0.1) is 5.82 Å². The number of nitrogens with zero attached hydrogens (tertiary/aromatic N) is 1. The summed E-state index contributed by atoms with van der Waals surface area (Å²) in [7, 11) is 0. The average molecular weight is 300 g/mol. The van der Waals surface area contributed by atoms with Crippen LogP contribution in [0.2, 0.25) is 0 Å². The summed E-state index contributed by atoms with van der Waals surface area (Å²) >= 11 is 3.16. The minimum absolute atomic E-state index is 0.271. The van der Waals surface area contributed by atoms with E-state index in [-0.39, 0.29) is 5.82 Å². The van der Waals surface area contributed by atoms with Gasteiger partial charge < -0.3 is 10.3 Å². The van der Waals surface area contributed by atoms with Crippen LogP contribution in [-0.4, -0.2) is 22.6 Å². The van der Waals surface area contributed by atoms with Crippen molar-refractivity contribution in [1.82, 2.24) is 15.3 Å². The molecule has 0 aliphatic carbocycles. The quantitative estimate of drug-likeness (QED) is 0.911. The molecule has 0 bridgehead atoms. The fourth-order valence-electron chi connectivity index (χ4n) is 1.87. The van der Waals surface area contributed by atoms with E-state index in [4.69, 9.17) is 0 Å². The Morgan fingerprint density at radius 3 is 3.00 bits per heavy atom. The van der Waals surface area contributed by atoms with Crippen LogP contribution in [0.1, 0.15) is 19.7 Å². The summed E-state index contributed by atoms with van der Waals surface area (Å²) in [5.41, 5.74) is 1.53. The first kappa shape index (κ1) is 12.5. The molecule has 0 aliphatic rings. The highest BCUT2D eigenvalue weighted by Gasteiger charge is 2.09. The summed E-state index contributed by atoms with van der Waals surface area (Å²) < 4.78 is 13.8. The number of H-pyrrole nitrogens is 1. The second-order valence-electron chi connectivity index (χ2n) is 4.13. The number of fused-ring (bicyclic) bond motifs is 1. The Bertz CT molecular complexity index is 485. The molecule has 0 amide bonds. The van der Waals surface area contributed by atoms with Crippen molar-refractivity contribution in [3.63, 3.8) is 0 Å². The van der Waals surface area contributed by atoms with Gasteiger partial charge in [-0.2, -0.15) is 0 Å². The van der Waals surface area contributed by atoms with Gasteiger partial charge in [0.2, 0.25) is 0 Å². The number of rotatable bonds is 4. The van der Waals surface area contributed by atoms with Crippen molar-refractivity contribution in [3.05, 3.63) is 28.2 Å². The van der Waals surface area contributed by atoms with E-state index in [0.717, 1.165) is 29.8 Å². The maximum atomic E-state index is 13.3. The van der Waals surface area contributed by atoms with Gasteiger partial charge in [0.25, 0.3) is 0 Å². The van der Waals surface area contributed by atoms with E-state index in [9.17, 15) is 4.39 Å². The van der Waals surface area contributed by atoms with Gasteiger partial charge in [-0.15, -0.1) is 0 Å². The Morgan fingerprint density at radius 1 is 1.53 bits per heavy atom. The van der Waals surface area contributed by atoms with E-state index in [1.54, 1.807) is 6.07 Å². The highest BCUT2D eigenvalue weighted by atomic mass is 79.9. The maximum absolute atomic E-state index is 13.3. The van der Waals surface area contributed by atoms with E-state index < -0.39 is 0 Å². The zero-order chi connectivity index (χ0) is 12.4. The summed E-state index contributed by atoms with van der Waals surface area (Å²) in [5.74, 6) is 0.610. The molecule has 1 heterocycles. The molecule has 1 atom stereocenters. The summed E-state index contributed by atoms with van der Waals surface area (Å²) in [6.45, 7) is 5.11. The second kappa shape index (κ2) is 5.14.